The third-order valence-corrected chi connectivity index (χ3v) is 3.48. The zero-order valence-electron chi connectivity index (χ0n) is 12.4. The van der Waals surface area contributed by atoms with Crippen molar-refractivity contribution in [2.45, 2.75) is 6.54 Å². The lowest BCUT2D eigenvalue weighted by Gasteiger charge is -2.17. The van der Waals surface area contributed by atoms with Gasteiger partial charge in [-0.1, -0.05) is 47.5 Å². The van der Waals surface area contributed by atoms with Gasteiger partial charge in [0.05, 0.1) is 6.54 Å². The quantitative estimate of drug-likeness (QED) is 0.680. The van der Waals surface area contributed by atoms with Crippen LogP contribution in [0.25, 0.3) is 11.3 Å². The highest BCUT2D eigenvalue weighted by molar-refractivity contribution is 5.59. The molecule has 0 saturated heterocycles. The summed E-state index contributed by atoms with van der Waals surface area (Å²) in [7, 11) is 2.00. The van der Waals surface area contributed by atoms with E-state index in [1.54, 1.807) is 0 Å². The second kappa shape index (κ2) is 6.19. The summed E-state index contributed by atoms with van der Waals surface area (Å²) < 4.78 is 5.44. The van der Waals surface area contributed by atoms with Crippen molar-refractivity contribution < 1.29 is 4.52 Å². The monoisotopic (exact) mass is 288 g/mol. The minimum absolute atomic E-state index is 0.633. The second-order valence-electron chi connectivity index (χ2n) is 5.10. The van der Waals surface area contributed by atoms with E-state index in [0.717, 1.165) is 28.3 Å². The summed E-state index contributed by atoms with van der Waals surface area (Å²) in [4.78, 5) is 2.08. The van der Waals surface area contributed by atoms with Gasteiger partial charge in [0.25, 0.3) is 0 Å². The summed E-state index contributed by atoms with van der Waals surface area (Å²) in [6.45, 7) is 0.633. The molecule has 0 radical (unpaired) electrons. The molecule has 0 spiro atoms. The van der Waals surface area contributed by atoms with Gasteiger partial charge in [-0.3, -0.25) is 0 Å². The molecule has 3 heteroatoms. The molecule has 0 saturated carbocycles. The second-order valence-corrected chi connectivity index (χ2v) is 5.10. The summed E-state index contributed by atoms with van der Waals surface area (Å²) >= 11 is 0. The molecule has 0 aliphatic heterocycles. The molecule has 0 fully saturated rings. The zero-order chi connectivity index (χ0) is 15.4. The van der Waals surface area contributed by atoms with Gasteiger partial charge >= 0.3 is 0 Å². The van der Waals surface area contributed by atoms with E-state index in [1.165, 1.54) is 0 Å². The molecule has 3 aromatic rings. The number of nitrogens with zero attached hydrogens (tertiary/aromatic N) is 2. The van der Waals surface area contributed by atoms with E-state index in [2.05, 4.69) is 16.0 Å². The Labute approximate surface area is 130 Å². The largest absolute Gasteiger partial charge is 0.367 e. The normalized spacial score (nSPS) is 10.2. The number of aromatic nitrogens is 1. The fourth-order valence-corrected chi connectivity index (χ4v) is 2.29. The molecule has 0 N–H and O–H groups in total. The number of rotatable bonds is 4. The molecule has 108 valence electrons. The lowest BCUT2D eigenvalue weighted by Crippen LogP contribution is -2.15. The average Bonchev–Trinajstić information content (AvgIpc) is 3.04. The van der Waals surface area contributed by atoms with Gasteiger partial charge in [0.1, 0.15) is 5.69 Å². The molecule has 0 atom stereocenters. The van der Waals surface area contributed by atoms with Gasteiger partial charge in [-0.2, -0.15) is 0 Å². The Hall–Kier alpha value is -2.99. The van der Waals surface area contributed by atoms with Crippen LogP contribution in [0.2, 0.25) is 0 Å². The van der Waals surface area contributed by atoms with E-state index in [0.29, 0.717) is 6.54 Å². The SMILES string of the molecule is C#Cc1cccc(N(C)Cc2cc(-c3ccccc3)no2)c1. The van der Waals surface area contributed by atoms with E-state index in [1.807, 2.05) is 67.7 Å². The summed E-state index contributed by atoms with van der Waals surface area (Å²) in [5.74, 6) is 3.46. The maximum Gasteiger partial charge on any atom is 0.156 e. The minimum atomic E-state index is 0.633. The van der Waals surface area contributed by atoms with Crippen LogP contribution < -0.4 is 4.90 Å². The molecule has 1 aromatic heterocycles. The van der Waals surface area contributed by atoms with Gasteiger partial charge in [-0.25, -0.2) is 0 Å². The van der Waals surface area contributed by atoms with Crippen molar-refractivity contribution in [3.05, 3.63) is 72.0 Å². The summed E-state index contributed by atoms with van der Waals surface area (Å²) in [6.07, 6.45) is 5.44. The first-order valence-corrected chi connectivity index (χ1v) is 7.05. The highest BCUT2D eigenvalue weighted by atomic mass is 16.5. The Kier molecular flexibility index (Phi) is 3.93. The Morgan fingerprint density at radius 3 is 2.68 bits per heavy atom. The van der Waals surface area contributed by atoms with E-state index in [-0.39, 0.29) is 0 Å². The van der Waals surface area contributed by atoms with E-state index < -0.39 is 0 Å². The van der Waals surface area contributed by atoms with Gasteiger partial charge < -0.3 is 9.42 Å². The van der Waals surface area contributed by atoms with Crippen molar-refractivity contribution in [2.75, 3.05) is 11.9 Å². The van der Waals surface area contributed by atoms with Crippen LogP contribution in [0.4, 0.5) is 5.69 Å². The van der Waals surface area contributed by atoms with Crippen LogP contribution >= 0.6 is 0 Å². The molecular formula is C19H16N2O. The van der Waals surface area contributed by atoms with Crippen LogP contribution in [-0.4, -0.2) is 12.2 Å². The van der Waals surface area contributed by atoms with Gasteiger partial charge in [-0.15, -0.1) is 6.42 Å². The first-order valence-electron chi connectivity index (χ1n) is 7.05. The minimum Gasteiger partial charge on any atom is -0.367 e. The number of anilines is 1. The molecular weight excluding hydrogens is 272 g/mol. The average molecular weight is 288 g/mol. The van der Waals surface area contributed by atoms with Gasteiger partial charge in [0.15, 0.2) is 5.76 Å². The highest BCUT2D eigenvalue weighted by Gasteiger charge is 2.09. The molecule has 0 unspecified atom stereocenters. The van der Waals surface area contributed by atoms with Crippen molar-refractivity contribution in [3.8, 4) is 23.6 Å². The van der Waals surface area contributed by atoms with E-state index >= 15 is 0 Å². The third kappa shape index (κ3) is 3.02. The molecule has 3 rings (SSSR count). The van der Waals surface area contributed by atoms with Crippen LogP contribution in [0.1, 0.15) is 11.3 Å². The van der Waals surface area contributed by atoms with Crippen molar-refractivity contribution in [1.29, 1.82) is 0 Å². The van der Waals surface area contributed by atoms with E-state index in [4.69, 9.17) is 10.9 Å². The standard InChI is InChI=1S/C19H16N2O/c1-3-15-8-7-11-17(12-15)21(2)14-18-13-19(20-22-18)16-9-5-4-6-10-16/h1,4-13H,14H2,2H3. The number of hydrogen-bond donors (Lipinski definition) is 0. The number of benzene rings is 2. The summed E-state index contributed by atoms with van der Waals surface area (Å²) in [5.41, 5.74) is 3.82. The van der Waals surface area contributed by atoms with Gasteiger partial charge in [-0.05, 0) is 18.2 Å². The van der Waals surface area contributed by atoms with Crippen LogP contribution in [0.5, 0.6) is 0 Å². The molecule has 0 bridgehead atoms. The first-order chi connectivity index (χ1) is 10.8. The fourth-order valence-electron chi connectivity index (χ4n) is 2.29. The first kappa shape index (κ1) is 14.0. The molecule has 3 nitrogen and oxygen atoms in total. The molecule has 2 aromatic carbocycles. The zero-order valence-corrected chi connectivity index (χ0v) is 12.4. The molecule has 0 aliphatic carbocycles. The topological polar surface area (TPSA) is 29.3 Å². The van der Waals surface area contributed by atoms with Crippen molar-refractivity contribution in [3.63, 3.8) is 0 Å². The number of terminal acetylenes is 1. The lowest BCUT2D eigenvalue weighted by molar-refractivity contribution is 0.385. The summed E-state index contributed by atoms with van der Waals surface area (Å²) in [5, 5.41) is 4.13. The van der Waals surface area contributed by atoms with Crippen molar-refractivity contribution in [1.82, 2.24) is 5.16 Å². The molecule has 0 amide bonds. The van der Waals surface area contributed by atoms with Crippen molar-refractivity contribution in [2.24, 2.45) is 0 Å². The van der Waals surface area contributed by atoms with Crippen LogP contribution in [0.15, 0.2) is 65.2 Å². The molecule has 0 aliphatic rings. The predicted octanol–water partition coefficient (Wildman–Crippen LogP) is 3.96. The smallest absolute Gasteiger partial charge is 0.156 e. The predicted molar refractivity (Wildman–Crippen MR) is 88.4 cm³/mol. The highest BCUT2D eigenvalue weighted by Crippen LogP contribution is 2.21. The maximum atomic E-state index is 5.44. The van der Waals surface area contributed by atoms with Gasteiger partial charge in [0, 0.05) is 29.9 Å². The van der Waals surface area contributed by atoms with Gasteiger partial charge in [0.2, 0.25) is 0 Å². The van der Waals surface area contributed by atoms with Crippen LogP contribution in [0, 0.1) is 12.3 Å². The van der Waals surface area contributed by atoms with Crippen LogP contribution in [-0.2, 0) is 6.54 Å². The Balaban J connectivity index is 1.76. The third-order valence-electron chi connectivity index (χ3n) is 3.48. The summed E-state index contributed by atoms with van der Waals surface area (Å²) in [6, 6.07) is 19.8. The van der Waals surface area contributed by atoms with Crippen molar-refractivity contribution >= 4 is 5.69 Å². The van der Waals surface area contributed by atoms with Crippen LogP contribution in [0.3, 0.4) is 0 Å². The molecule has 22 heavy (non-hydrogen) atoms. The molecule has 1 heterocycles. The number of hydrogen-bond acceptors (Lipinski definition) is 3. The fraction of sp³-hybridized carbons (Fsp3) is 0.105. The Bertz CT molecular complexity index is 800. The lowest BCUT2D eigenvalue weighted by atomic mass is 10.1. The Morgan fingerprint density at radius 1 is 1.09 bits per heavy atom. The Morgan fingerprint density at radius 2 is 1.91 bits per heavy atom. The van der Waals surface area contributed by atoms with E-state index in [9.17, 15) is 0 Å². The maximum absolute atomic E-state index is 5.44.